The second kappa shape index (κ2) is 4.25. The zero-order valence-electron chi connectivity index (χ0n) is 9.91. The van der Waals surface area contributed by atoms with Crippen LogP contribution in [0.2, 0.25) is 0 Å². The summed E-state index contributed by atoms with van der Waals surface area (Å²) in [4.78, 5) is 11.3. The molecule has 2 aromatic carbocycles. The molecule has 1 amide bonds. The fourth-order valence-electron chi connectivity index (χ4n) is 2.43. The van der Waals surface area contributed by atoms with Crippen LogP contribution in [0.1, 0.15) is 22.9 Å². The quantitative estimate of drug-likeness (QED) is 0.789. The molecule has 0 fully saturated rings. The van der Waals surface area contributed by atoms with Crippen molar-refractivity contribution in [3.8, 4) is 11.1 Å². The summed E-state index contributed by atoms with van der Waals surface area (Å²) in [6, 6.07) is 14.4. The smallest absolute Gasteiger partial charge is 0.221 e. The van der Waals surface area contributed by atoms with E-state index in [1.165, 1.54) is 29.2 Å². The van der Waals surface area contributed by atoms with Crippen LogP contribution >= 0.6 is 15.9 Å². The van der Waals surface area contributed by atoms with Crippen LogP contribution in [0.25, 0.3) is 11.1 Å². The number of carbonyl (C=O) groups excluding carboxylic acids is 1. The van der Waals surface area contributed by atoms with E-state index in [9.17, 15) is 4.79 Å². The highest BCUT2D eigenvalue weighted by Crippen LogP contribution is 2.48. The van der Waals surface area contributed by atoms with Gasteiger partial charge in [-0.25, -0.2) is 0 Å². The molecular formula is C15H12BrNO. The van der Waals surface area contributed by atoms with Crippen LogP contribution in [0.5, 0.6) is 0 Å². The monoisotopic (exact) mass is 301 g/mol. The van der Waals surface area contributed by atoms with Gasteiger partial charge in [-0.1, -0.05) is 46.3 Å². The molecule has 2 aromatic rings. The van der Waals surface area contributed by atoms with E-state index in [1.807, 2.05) is 18.2 Å². The molecule has 90 valence electrons. The van der Waals surface area contributed by atoms with E-state index < -0.39 is 0 Å². The number of rotatable bonds is 1. The lowest BCUT2D eigenvalue weighted by atomic mass is 10.1. The van der Waals surface area contributed by atoms with Gasteiger partial charge < -0.3 is 5.32 Å². The van der Waals surface area contributed by atoms with Crippen molar-refractivity contribution in [2.24, 2.45) is 0 Å². The van der Waals surface area contributed by atoms with Gasteiger partial charge in [-0.2, -0.15) is 0 Å². The molecule has 0 saturated carbocycles. The number of carbonyl (C=O) groups is 1. The maximum absolute atomic E-state index is 11.1. The predicted molar refractivity (Wildman–Crippen MR) is 77.0 cm³/mol. The molecule has 1 N–H and O–H groups in total. The summed E-state index contributed by atoms with van der Waals surface area (Å²) in [5.41, 5.74) is 5.85. The Bertz CT molecular complexity index is 636. The Morgan fingerprint density at radius 1 is 1.11 bits per heavy atom. The highest BCUT2D eigenvalue weighted by molar-refractivity contribution is 9.09. The molecule has 0 radical (unpaired) electrons. The SMILES string of the molecule is CC(=O)Nc1ccc2c(c1)[C@H](Br)c1ccccc1-2. The Kier molecular flexibility index (Phi) is 2.71. The minimum absolute atomic E-state index is 0.0448. The van der Waals surface area contributed by atoms with Crippen molar-refractivity contribution in [1.29, 1.82) is 0 Å². The molecule has 1 aliphatic carbocycles. The molecule has 0 saturated heterocycles. The third-order valence-corrected chi connectivity index (χ3v) is 4.16. The summed E-state index contributed by atoms with van der Waals surface area (Å²) >= 11 is 3.72. The van der Waals surface area contributed by atoms with Gasteiger partial charge in [0, 0.05) is 12.6 Å². The lowest BCUT2D eigenvalue weighted by Crippen LogP contribution is -2.05. The second-order valence-corrected chi connectivity index (χ2v) is 5.35. The molecule has 0 spiro atoms. The third kappa shape index (κ3) is 1.75. The number of benzene rings is 2. The van der Waals surface area contributed by atoms with E-state index in [0.717, 1.165) is 5.69 Å². The summed E-state index contributed by atoms with van der Waals surface area (Å²) in [5, 5.41) is 2.82. The van der Waals surface area contributed by atoms with Crippen molar-refractivity contribution in [1.82, 2.24) is 0 Å². The van der Waals surface area contributed by atoms with Gasteiger partial charge in [0.25, 0.3) is 0 Å². The lowest BCUT2D eigenvalue weighted by Gasteiger charge is -2.07. The maximum atomic E-state index is 11.1. The van der Waals surface area contributed by atoms with E-state index in [0.29, 0.717) is 0 Å². The fraction of sp³-hybridized carbons (Fsp3) is 0.133. The van der Waals surface area contributed by atoms with Gasteiger partial charge in [-0.05, 0) is 34.4 Å². The normalized spacial score (nSPS) is 16.0. The highest BCUT2D eigenvalue weighted by Gasteiger charge is 2.26. The molecule has 0 unspecified atom stereocenters. The number of amides is 1. The van der Waals surface area contributed by atoms with Crippen molar-refractivity contribution < 1.29 is 4.79 Å². The standard InChI is InChI=1S/C15H12BrNO/c1-9(18)17-10-6-7-12-11-4-2-3-5-13(11)15(16)14(12)8-10/h2-8,15H,1H3,(H,17,18)/t15-/m1/s1. The van der Waals surface area contributed by atoms with Crippen LogP contribution in [-0.2, 0) is 4.79 Å². The van der Waals surface area contributed by atoms with Gasteiger partial charge in [-0.15, -0.1) is 0 Å². The molecule has 1 aliphatic rings. The molecule has 1 atom stereocenters. The van der Waals surface area contributed by atoms with Gasteiger partial charge in [0.05, 0.1) is 4.83 Å². The number of alkyl halides is 1. The van der Waals surface area contributed by atoms with E-state index in [4.69, 9.17) is 0 Å². The van der Waals surface area contributed by atoms with Crippen LogP contribution in [0.3, 0.4) is 0 Å². The number of anilines is 1. The molecule has 0 aromatic heterocycles. The van der Waals surface area contributed by atoms with Crippen LogP contribution in [0, 0.1) is 0 Å². The number of nitrogens with one attached hydrogen (secondary N) is 1. The first-order valence-corrected chi connectivity index (χ1v) is 6.73. The van der Waals surface area contributed by atoms with Crippen LogP contribution < -0.4 is 5.32 Å². The highest BCUT2D eigenvalue weighted by atomic mass is 79.9. The Morgan fingerprint density at radius 2 is 1.83 bits per heavy atom. The van der Waals surface area contributed by atoms with Gasteiger partial charge in [0.15, 0.2) is 0 Å². The fourth-order valence-corrected chi connectivity index (χ4v) is 3.21. The summed E-state index contributed by atoms with van der Waals surface area (Å²) in [5.74, 6) is -0.0448. The summed E-state index contributed by atoms with van der Waals surface area (Å²) in [6.07, 6.45) is 0. The number of hydrogen-bond acceptors (Lipinski definition) is 1. The number of hydrogen-bond donors (Lipinski definition) is 1. The molecule has 0 bridgehead atoms. The van der Waals surface area contributed by atoms with Crippen molar-refractivity contribution in [2.45, 2.75) is 11.8 Å². The molecule has 18 heavy (non-hydrogen) atoms. The lowest BCUT2D eigenvalue weighted by molar-refractivity contribution is -0.114. The molecule has 0 heterocycles. The number of fused-ring (bicyclic) bond motifs is 3. The Morgan fingerprint density at radius 3 is 2.61 bits per heavy atom. The molecular weight excluding hydrogens is 290 g/mol. The van der Waals surface area contributed by atoms with Gasteiger partial charge >= 0.3 is 0 Å². The average Bonchev–Trinajstić information content (AvgIpc) is 2.63. The topological polar surface area (TPSA) is 29.1 Å². The van der Waals surface area contributed by atoms with Crippen LogP contribution in [-0.4, -0.2) is 5.91 Å². The van der Waals surface area contributed by atoms with Gasteiger partial charge in [0.1, 0.15) is 0 Å². The second-order valence-electron chi connectivity index (χ2n) is 4.43. The first-order chi connectivity index (χ1) is 8.66. The number of halogens is 1. The molecule has 2 nitrogen and oxygen atoms in total. The minimum atomic E-state index is -0.0448. The molecule has 3 rings (SSSR count). The van der Waals surface area contributed by atoms with E-state index in [2.05, 4.69) is 45.5 Å². The van der Waals surface area contributed by atoms with E-state index in [1.54, 1.807) is 0 Å². The van der Waals surface area contributed by atoms with Crippen molar-refractivity contribution in [2.75, 3.05) is 5.32 Å². The first-order valence-electron chi connectivity index (χ1n) is 5.82. The van der Waals surface area contributed by atoms with Crippen molar-refractivity contribution in [3.05, 3.63) is 53.6 Å². The van der Waals surface area contributed by atoms with Gasteiger partial charge in [-0.3, -0.25) is 4.79 Å². The summed E-state index contributed by atoms with van der Waals surface area (Å²) < 4.78 is 0. The zero-order valence-corrected chi connectivity index (χ0v) is 11.5. The van der Waals surface area contributed by atoms with Crippen LogP contribution in [0.15, 0.2) is 42.5 Å². The molecule has 0 aliphatic heterocycles. The first kappa shape index (κ1) is 11.5. The largest absolute Gasteiger partial charge is 0.326 e. The Hall–Kier alpha value is -1.61. The van der Waals surface area contributed by atoms with Crippen LogP contribution in [0.4, 0.5) is 5.69 Å². The van der Waals surface area contributed by atoms with E-state index in [-0.39, 0.29) is 10.7 Å². The zero-order chi connectivity index (χ0) is 12.7. The predicted octanol–water partition coefficient (Wildman–Crippen LogP) is 4.11. The van der Waals surface area contributed by atoms with E-state index >= 15 is 0 Å². The molecule has 3 heteroatoms. The maximum Gasteiger partial charge on any atom is 0.221 e. The summed E-state index contributed by atoms with van der Waals surface area (Å²) in [6.45, 7) is 1.52. The van der Waals surface area contributed by atoms with Crippen molar-refractivity contribution >= 4 is 27.5 Å². The Labute approximate surface area is 114 Å². The minimum Gasteiger partial charge on any atom is -0.326 e. The van der Waals surface area contributed by atoms with Crippen molar-refractivity contribution in [3.63, 3.8) is 0 Å². The summed E-state index contributed by atoms with van der Waals surface area (Å²) in [7, 11) is 0. The van der Waals surface area contributed by atoms with Gasteiger partial charge in [0.2, 0.25) is 5.91 Å². The third-order valence-electron chi connectivity index (χ3n) is 3.17. The average molecular weight is 302 g/mol. The Balaban J connectivity index is 2.10.